The molecule has 0 saturated heterocycles. The molecule has 0 atom stereocenters. The molecule has 5 N–H and O–H groups in total. The molecule has 0 aromatic carbocycles. The Balaban J connectivity index is 2.94. The third-order valence-electron chi connectivity index (χ3n) is 2.11. The van der Waals surface area contributed by atoms with Gasteiger partial charge in [0.2, 0.25) is 11.7 Å². The zero-order chi connectivity index (χ0) is 13.1. The zero-order valence-electron chi connectivity index (χ0n) is 10.2. The summed E-state index contributed by atoms with van der Waals surface area (Å²) in [5.41, 5.74) is 10.3. The second kappa shape index (κ2) is 4.86. The molecule has 94 valence electrons. The molecule has 1 aromatic heterocycles. The van der Waals surface area contributed by atoms with Crippen LogP contribution in [0.1, 0.15) is 20.3 Å². The van der Waals surface area contributed by atoms with Crippen LogP contribution in [0.3, 0.4) is 0 Å². The van der Waals surface area contributed by atoms with Crippen LogP contribution in [-0.2, 0) is 4.79 Å². The highest BCUT2D eigenvalue weighted by Gasteiger charge is 2.23. The van der Waals surface area contributed by atoms with E-state index < -0.39 is 11.4 Å². The van der Waals surface area contributed by atoms with Crippen molar-refractivity contribution < 1.29 is 9.53 Å². The fraction of sp³-hybridized carbons (Fsp3) is 0.500. The van der Waals surface area contributed by atoms with Crippen LogP contribution in [0.4, 0.5) is 11.6 Å². The van der Waals surface area contributed by atoms with E-state index in [4.69, 9.17) is 16.2 Å². The van der Waals surface area contributed by atoms with Crippen molar-refractivity contribution in [3.63, 3.8) is 0 Å². The summed E-state index contributed by atoms with van der Waals surface area (Å²) in [4.78, 5) is 18.8. The van der Waals surface area contributed by atoms with Crippen LogP contribution in [0.25, 0.3) is 0 Å². The van der Waals surface area contributed by atoms with Crippen molar-refractivity contribution in [2.24, 2.45) is 5.73 Å². The van der Waals surface area contributed by atoms with Crippen molar-refractivity contribution in [1.82, 2.24) is 9.97 Å². The number of nitrogens with one attached hydrogen (secondary N) is 1. The molecule has 1 amide bonds. The monoisotopic (exact) mass is 239 g/mol. The SMILES string of the molecule is COc1c(N)ncnc1NC(C)(C)CC(N)=O. The van der Waals surface area contributed by atoms with E-state index in [1.54, 1.807) is 0 Å². The van der Waals surface area contributed by atoms with E-state index in [-0.39, 0.29) is 12.2 Å². The predicted octanol–water partition coefficient (Wildman–Crippen LogP) is 0.133. The van der Waals surface area contributed by atoms with Gasteiger partial charge in [-0.3, -0.25) is 4.79 Å². The molecule has 7 heteroatoms. The largest absolute Gasteiger partial charge is 0.490 e. The second-order valence-electron chi connectivity index (χ2n) is 4.29. The molecule has 0 aliphatic carbocycles. The lowest BCUT2D eigenvalue weighted by Gasteiger charge is -2.26. The third-order valence-corrected chi connectivity index (χ3v) is 2.11. The maximum Gasteiger partial charge on any atom is 0.219 e. The van der Waals surface area contributed by atoms with Crippen molar-refractivity contribution in [2.45, 2.75) is 25.8 Å². The number of primary amides is 1. The van der Waals surface area contributed by atoms with E-state index in [1.165, 1.54) is 13.4 Å². The number of hydrogen-bond acceptors (Lipinski definition) is 6. The average Bonchev–Trinajstić information content (AvgIpc) is 2.14. The van der Waals surface area contributed by atoms with Crippen molar-refractivity contribution in [3.05, 3.63) is 6.33 Å². The van der Waals surface area contributed by atoms with Gasteiger partial charge in [-0.2, -0.15) is 0 Å². The maximum atomic E-state index is 10.9. The van der Waals surface area contributed by atoms with E-state index in [9.17, 15) is 4.79 Å². The Hall–Kier alpha value is -2.05. The zero-order valence-corrected chi connectivity index (χ0v) is 10.2. The van der Waals surface area contributed by atoms with Gasteiger partial charge >= 0.3 is 0 Å². The van der Waals surface area contributed by atoms with Crippen LogP contribution in [0, 0.1) is 0 Å². The van der Waals surface area contributed by atoms with Gasteiger partial charge < -0.3 is 21.5 Å². The predicted molar refractivity (Wildman–Crippen MR) is 64.5 cm³/mol. The fourth-order valence-corrected chi connectivity index (χ4v) is 1.48. The molecule has 0 radical (unpaired) electrons. The molecule has 1 rings (SSSR count). The molecule has 0 aliphatic rings. The van der Waals surface area contributed by atoms with Gasteiger partial charge in [-0.05, 0) is 13.8 Å². The van der Waals surface area contributed by atoms with Crippen LogP contribution >= 0.6 is 0 Å². The van der Waals surface area contributed by atoms with Crippen LogP contribution < -0.4 is 21.5 Å². The molecule has 0 aliphatic heterocycles. The van der Waals surface area contributed by atoms with Crippen LogP contribution in [-0.4, -0.2) is 28.5 Å². The average molecular weight is 239 g/mol. The molecule has 1 heterocycles. The summed E-state index contributed by atoms with van der Waals surface area (Å²) in [5.74, 6) is 0.625. The number of nitrogens with zero attached hydrogens (tertiary/aromatic N) is 2. The van der Waals surface area contributed by atoms with E-state index in [0.29, 0.717) is 11.6 Å². The van der Waals surface area contributed by atoms with Gasteiger partial charge in [0.25, 0.3) is 0 Å². The van der Waals surface area contributed by atoms with Crippen molar-refractivity contribution in [2.75, 3.05) is 18.2 Å². The molecule has 0 bridgehead atoms. The standard InChI is InChI=1S/C10H17N5O2/c1-10(2,4-6(11)16)15-9-7(17-3)8(12)13-5-14-9/h5H,4H2,1-3H3,(H2,11,16)(H3,12,13,14,15). The first kappa shape index (κ1) is 13.0. The van der Waals surface area contributed by atoms with E-state index >= 15 is 0 Å². The molecule has 0 unspecified atom stereocenters. The number of carbonyl (C=O) groups is 1. The Morgan fingerprint density at radius 2 is 2.18 bits per heavy atom. The van der Waals surface area contributed by atoms with Crippen LogP contribution in [0.5, 0.6) is 5.75 Å². The quantitative estimate of drug-likeness (QED) is 0.672. The normalized spacial score (nSPS) is 11.0. The molecule has 1 aromatic rings. The Labute approximate surface area is 99.6 Å². The summed E-state index contributed by atoms with van der Waals surface area (Å²) >= 11 is 0. The number of ether oxygens (including phenoxy) is 1. The van der Waals surface area contributed by atoms with Crippen molar-refractivity contribution in [1.29, 1.82) is 0 Å². The highest BCUT2D eigenvalue weighted by Crippen LogP contribution is 2.29. The van der Waals surface area contributed by atoms with Gasteiger partial charge in [0.15, 0.2) is 11.6 Å². The van der Waals surface area contributed by atoms with E-state index in [2.05, 4.69) is 15.3 Å². The Bertz CT molecular complexity index is 419. The molecule has 7 nitrogen and oxygen atoms in total. The summed E-state index contributed by atoms with van der Waals surface area (Å²) in [6.07, 6.45) is 1.49. The summed E-state index contributed by atoms with van der Waals surface area (Å²) in [7, 11) is 1.47. The van der Waals surface area contributed by atoms with Crippen LogP contribution in [0.15, 0.2) is 6.33 Å². The Morgan fingerprint density at radius 3 is 2.71 bits per heavy atom. The Morgan fingerprint density at radius 1 is 1.53 bits per heavy atom. The number of rotatable bonds is 5. The minimum absolute atomic E-state index is 0.167. The molecular formula is C10H17N5O2. The first-order valence-corrected chi connectivity index (χ1v) is 5.06. The van der Waals surface area contributed by atoms with Gasteiger partial charge in [0.1, 0.15) is 6.33 Å². The number of anilines is 2. The molecular weight excluding hydrogens is 222 g/mol. The second-order valence-corrected chi connectivity index (χ2v) is 4.29. The Kier molecular flexibility index (Phi) is 3.72. The lowest BCUT2D eigenvalue weighted by atomic mass is 10.0. The highest BCUT2D eigenvalue weighted by atomic mass is 16.5. The van der Waals surface area contributed by atoms with Crippen molar-refractivity contribution in [3.8, 4) is 5.75 Å². The first-order chi connectivity index (χ1) is 7.85. The van der Waals surface area contributed by atoms with Gasteiger partial charge in [0, 0.05) is 12.0 Å². The summed E-state index contributed by atoms with van der Waals surface area (Å²) in [6, 6.07) is 0. The number of carbonyl (C=O) groups excluding carboxylic acids is 1. The maximum absolute atomic E-state index is 10.9. The summed E-state index contributed by atoms with van der Waals surface area (Å²) in [5, 5.41) is 3.05. The molecule has 0 fully saturated rings. The molecule has 0 spiro atoms. The van der Waals surface area contributed by atoms with E-state index in [1.807, 2.05) is 13.8 Å². The van der Waals surface area contributed by atoms with Crippen molar-refractivity contribution >= 4 is 17.5 Å². The number of aromatic nitrogens is 2. The highest BCUT2D eigenvalue weighted by molar-refractivity contribution is 5.76. The topological polar surface area (TPSA) is 116 Å². The molecule has 0 saturated carbocycles. The lowest BCUT2D eigenvalue weighted by molar-refractivity contribution is -0.118. The number of nitrogens with two attached hydrogens (primary N) is 2. The summed E-state index contributed by atoms with van der Waals surface area (Å²) < 4.78 is 5.10. The smallest absolute Gasteiger partial charge is 0.219 e. The van der Waals surface area contributed by atoms with Gasteiger partial charge in [-0.25, -0.2) is 9.97 Å². The van der Waals surface area contributed by atoms with Gasteiger partial charge in [0.05, 0.1) is 7.11 Å². The minimum atomic E-state index is -0.542. The lowest BCUT2D eigenvalue weighted by Crippen LogP contribution is -2.36. The molecule has 17 heavy (non-hydrogen) atoms. The van der Waals surface area contributed by atoms with Crippen LogP contribution in [0.2, 0.25) is 0 Å². The number of nitrogen functional groups attached to an aromatic ring is 1. The number of amides is 1. The first-order valence-electron chi connectivity index (χ1n) is 5.06. The fourth-order valence-electron chi connectivity index (χ4n) is 1.48. The van der Waals surface area contributed by atoms with E-state index in [0.717, 1.165) is 0 Å². The number of hydrogen-bond donors (Lipinski definition) is 3. The van der Waals surface area contributed by atoms with Gasteiger partial charge in [-0.15, -0.1) is 0 Å². The van der Waals surface area contributed by atoms with Gasteiger partial charge in [-0.1, -0.05) is 0 Å². The summed E-state index contributed by atoms with van der Waals surface area (Å²) in [6.45, 7) is 3.66. The minimum Gasteiger partial charge on any atom is -0.490 e. The number of methoxy groups -OCH3 is 1. The third kappa shape index (κ3) is 3.47.